The average Bonchev–Trinajstić information content (AvgIpc) is 4.02. The zero-order valence-corrected chi connectivity index (χ0v) is 44.5. The van der Waals surface area contributed by atoms with Gasteiger partial charge in [0.25, 0.3) is 0 Å². The molecule has 0 radical (unpaired) electrons. The smallest absolute Gasteiger partial charge is 0.179 e. The van der Waals surface area contributed by atoms with E-state index in [0.717, 1.165) is 0 Å². The van der Waals surface area contributed by atoms with E-state index >= 15 is 0 Å². The summed E-state index contributed by atoms with van der Waals surface area (Å²) >= 11 is 0. The first-order chi connectivity index (χ1) is 38.3. The van der Waals surface area contributed by atoms with Crippen LogP contribution >= 0.6 is 0 Å². The zero-order valence-electron chi connectivity index (χ0n) is 42.5. The summed E-state index contributed by atoms with van der Waals surface area (Å²) in [4.78, 5) is 0. The van der Waals surface area contributed by atoms with Gasteiger partial charge in [-0.25, -0.2) is 0 Å². The number of rotatable bonds is 10. The van der Waals surface area contributed by atoms with Gasteiger partial charge in [-0.3, -0.25) is 0 Å². The molecule has 0 N–H and O–H groups in total. The minimum Gasteiger partial charge on any atom is -0.309 e. The van der Waals surface area contributed by atoms with Crippen LogP contribution < -0.4 is 41.5 Å². The second-order valence-corrected chi connectivity index (χ2v) is 28.5. The molecule has 1 aromatic heterocycles. The molecule has 2 atom stereocenters. The molecule has 0 saturated carbocycles. The predicted molar refractivity (Wildman–Crippen MR) is 328 cm³/mol. The monoisotopic (exact) mass is 1010 g/mol. The van der Waals surface area contributed by atoms with E-state index in [9.17, 15) is 0 Å². The molecule has 0 fully saturated rings. The third-order valence-corrected chi connectivity index (χ3v) is 26.9. The lowest BCUT2D eigenvalue weighted by atomic mass is 9.60. The molecular weight excluding hydrogens is 959 g/mol. The molecule has 362 valence electrons. The predicted octanol–water partition coefficient (Wildman–Crippen LogP) is 12.2. The first-order valence-corrected chi connectivity index (χ1v) is 31.1. The van der Waals surface area contributed by atoms with E-state index in [1.807, 2.05) is 0 Å². The summed E-state index contributed by atoms with van der Waals surface area (Å²) in [7, 11) is -5.84. The Balaban J connectivity index is 1.00. The Morgan fingerprint density at radius 2 is 0.649 bits per heavy atom. The van der Waals surface area contributed by atoms with Crippen LogP contribution in [-0.2, 0) is 0 Å². The van der Waals surface area contributed by atoms with Gasteiger partial charge < -0.3 is 4.57 Å². The van der Waals surface area contributed by atoms with E-state index in [0.29, 0.717) is 0 Å². The number of hydrogen-bond acceptors (Lipinski definition) is 0. The molecule has 1 nitrogen and oxygen atoms in total. The summed E-state index contributed by atoms with van der Waals surface area (Å²) in [5.41, 5.74) is 14.7. The molecule has 77 heavy (non-hydrogen) atoms. The van der Waals surface area contributed by atoms with Gasteiger partial charge in [0.1, 0.15) is 0 Å². The third-order valence-electron chi connectivity index (χ3n) is 17.3. The van der Waals surface area contributed by atoms with Crippen molar-refractivity contribution in [2.75, 3.05) is 0 Å². The highest BCUT2D eigenvalue weighted by Gasteiger charge is 2.50. The maximum absolute atomic E-state index is 2.97. The van der Waals surface area contributed by atoms with Crippen LogP contribution in [0.25, 0.3) is 38.6 Å². The maximum Gasteiger partial charge on any atom is 0.179 e. The molecular formula is C74H53NSi2. The van der Waals surface area contributed by atoms with Crippen LogP contribution in [-0.4, -0.2) is 20.7 Å². The summed E-state index contributed by atoms with van der Waals surface area (Å²) in [6, 6.07) is 118. The molecule has 13 aromatic rings. The van der Waals surface area contributed by atoms with Gasteiger partial charge in [0.2, 0.25) is 0 Å². The van der Waals surface area contributed by atoms with Crippen LogP contribution in [0.15, 0.2) is 309 Å². The van der Waals surface area contributed by atoms with Crippen molar-refractivity contribution in [3.63, 3.8) is 0 Å². The van der Waals surface area contributed by atoms with Crippen molar-refractivity contribution in [1.82, 2.24) is 4.57 Å². The van der Waals surface area contributed by atoms with Crippen LogP contribution in [0, 0.1) is 0 Å². The number of benzene rings is 12. The lowest BCUT2D eigenvalue weighted by Crippen LogP contribution is -2.75. The summed E-state index contributed by atoms with van der Waals surface area (Å²) in [5.74, 6) is 0.0637. The van der Waals surface area contributed by atoms with Crippen molar-refractivity contribution >= 4 is 79.4 Å². The van der Waals surface area contributed by atoms with Crippen molar-refractivity contribution in [1.29, 1.82) is 0 Å². The maximum atomic E-state index is 2.59. The molecule has 0 amide bonds. The van der Waals surface area contributed by atoms with Gasteiger partial charge in [-0.1, -0.05) is 291 Å². The van der Waals surface area contributed by atoms with E-state index in [4.69, 9.17) is 0 Å². The fourth-order valence-corrected chi connectivity index (χ4v) is 24.1. The summed E-state index contributed by atoms with van der Waals surface area (Å²) in [6.07, 6.45) is 0. The number of aromatic nitrogens is 1. The Kier molecular flexibility index (Phi) is 10.8. The van der Waals surface area contributed by atoms with Gasteiger partial charge >= 0.3 is 0 Å². The van der Waals surface area contributed by atoms with Gasteiger partial charge in [-0.2, -0.15) is 0 Å². The molecule has 3 aliphatic carbocycles. The first-order valence-electron chi connectivity index (χ1n) is 27.1. The summed E-state index contributed by atoms with van der Waals surface area (Å²) in [5, 5.41) is 13.6. The Bertz CT molecular complexity index is 4130. The second kappa shape index (κ2) is 18.3. The van der Waals surface area contributed by atoms with Crippen molar-refractivity contribution in [3.05, 3.63) is 343 Å². The summed E-state index contributed by atoms with van der Waals surface area (Å²) in [6.45, 7) is 0. The van der Waals surface area contributed by atoms with E-state index < -0.39 is 16.1 Å². The normalized spacial score (nSPS) is 14.5. The van der Waals surface area contributed by atoms with Crippen LogP contribution in [0.2, 0.25) is 0 Å². The van der Waals surface area contributed by atoms with Crippen LogP contribution in [0.1, 0.15) is 45.2 Å². The first kappa shape index (κ1) is 45.3. The topological polar surface area (TPSA) is 4.93 Å². The van der Waals surface area contributed by atoms with Crippen LogP contribution in [0.5, 0.6) is 0 Å². The second-order valence-electron chi connectivity index (χ2n) is 20.9. The Hall–Kier alpha value is -9.13. The quantitative estimate of drug-likeness (QED) is 0.0950. The minimum atomic E-state index is -2.97. The van der Waals surface area contributed by atoms with Crippen molar-refractivity contribution in [2.45, 2.75) is 11.8 Å². The Morgan fingerprint density at radius 1 is 0.247 bits per heavy atom. The number of fused-ring (bicyclic) bond motifs is 3. The van der Waals surface area contributed by atoms with E-state index in [-0.39, 0.29) is 11.8 Å². The average molecular weight is 1010 g/mol. The van der Waals surface area contributed by atoms with Crippen molar-refractivity contribution in [3.8, 4) is 16.8 Å². The van der Waals surface area contributed by atoms with Gasteiger partial charge in [0.05, 0.1) is 16.7 Å². The Labute approximate surface area is 452 Å². The molecule has 1 heterocycles. The fraction of sp³-hybridized carbons (Fsp3) is 0.0270. The van der Waals surface area contributed by atoms with Crippen LogP contribution in [0.3, 0.4) is 0 Å². The fourth-order valence-electron chi connectivity index (χ4n) is 14.3. The SMILES string of the molecule is c1ccc([Si](c2ccccc2)(c2ccccc2)c2ccc3c4ccccc4n(-c4ccccc4-c4cccc5c4C4c6ccccc6C5c5cccc([Si](c6ccccc6)(c6ccccc6)c6ccccc6)c54)c3c2)cc1. The lowest BCUT2D eigenvalue weighted by Gasteiger charge is -2.47. The highest BCUT2D eigenvalue weighted by Crippen LogP contribution is 2.58. The van der Waals surface area contributed by atoms with Gasteiger partial charge in [-0.15, -0.1) is 0 Å². The molecule has 0 spiro atoms. The molecule has 3 heteroatoms. The standard InChI is InChI=1S/C74H53NSi2/c1-7-27-52(28-8-1)76(53-29-9-2-10-30-53,54-31-11-3-12-32-54)58-49-50-61-59-39-21-23-46-67(59)75(69(61)51-58)68-47-24-22-40-60(68)62-43-25-44-65-71-63-41-19-20-42-64(63)74(72(62)65)73-66(71)45-26-48-70(73)77(55-33-13-4-14-34-55,56-35-15-5-16-36-56)57-37-17-6-18-38-57/h1-51,71,74H. The van der Waals surface area contributed by atoms with Gasteiger partial charge in [0, 0.05) is 28.2 Å². The largest absolute Gasteiger partial charge is 0.309 e. The minimum absolute atomic E-state index is 0.0105. The summed E-state index contributed by atoms with van der Waals surface area (Å²) < 4.78 is 2.59. The number of hydrogen-bond donors (Lipinski definition) is 0. The molecule has 0 saturated heterocycles. The van der Waals surface area contributed by atoms with Crippen molar-refractivity contribution in [2.24, 2.45) is 0 Å². The highest BCUT2D eigenvalue weighted by molar-refractivity contribution is 7.20. The van der Waals surface area contributed by atoms with Gasteiger partial charge in [0.15, 0.2) is 16.1 Å². The zero-order chi connectivity index (χ0) is 50.9. The molecule has 2 unspecified atom stereocenters. The molecule has 2 bridgehead atoms. The molecule has 12 aromatic carbocycles. The molecule has 16 rings (SSSR count). The van der Waals surface area contributed by atoms with Gasteiger partial charge in [-0.05, 0) is 98.6 Å². The highest BCUT2D eigenvalue weighted by atomic mass is 28.3. The van der Waals surface area contributed by atoms with E-state index in [1.165, 1.54) is 113 Å². The van der Waals surface area contributed by atoms with Crippen molar-refractivity contribution < 1.29 is 0 Å². The van der Waals surface area contributed by atoms with Crippen LogP contribution in [0.4, 0.5) is 0 Å². The Morgan fingerprint density at radius 3 is 1.21 bits per heavy atom. The lowest BCUT2D eigenvalue weighted by molar-refractivity contribution is 0.760. The van der Waals surface area contributed by atoms with E-state index in [2.05, 4.69) is 314 Å². The van der Waals surface area contributed by atoms with E-state index in [1.54, 1.807) is 0 Å². The number of nitrogens with zero attached hydrogens (tertiary/aromatic N) is 1. The third kappa shape index (κ3) is 6.71. The molecule has 0 aliphatic heterocycles. The molecule has 3 aliphatic rings. The number of para-hydroxylation sites is 2.